The van der Waals surface area contributed by atoms with E-state index < -0.39 is 6.04 Å². The van der Waals surface area contributed by atoms with E-state index in [4.69, 9.17) is 4.74 Å². The minimum atomic E-state index is -0.494. The second-order valence-corrected chi connectivity index (χ2v) is 7.03. The van der Waals surface area contributed by atoms with Gasteiger partial charge in [0.1, 0.15) is 6.04 Å². The molecule has 5 nitrogen and oxygen atoms in total. The molecule has 1 aliphatic heterocycles. The van der Waals surface area contributed by atoms with Gasteiger partial charge in [0.2, 0.25) is 11.8 Å². The van der Waals surface area contributed by atoms with Crippen molar-refractivity contribution in [3.05, 3.63) is 41.5 Å². The van der Waals surface area contributed by atoms with Gasteiger partial charge >= 0.3 is 0 Å². The predicted octanol–water partition coefficient (Wildman–Crippen LogP) is 2.87. The lowest BCUT2D eigenvalue weighted by molar-refractivity contribution is -0.139. The number of benzene rings is 1. The van der Waals surface area contributed by atoms with Crippen molar-refractivity contribution in [2.75, 3.05) is 26.3 Å². The van der Waals surface area contributed by atoms with Gasteiger partial charge in [-0.2, -0.15) is 0 Å². The standard InChI is InChI=1S/C21H30N2O3/c1-4-18(15-17-8-6-5-7-9-17)20(24)22-19(14-16(2)3)21(25)23-10-12-26-13-11-23/h5-9,15-16,19H,4,10-14H2,1-3H3,(H,22,24)/b18-15+/t19-/m1/s1. The molecule has 5 heteroatoms. The van der Waals surface area contributed by atoms with Crippen LogP contribution in [0.15, 0.2) is 35.9 Å². The zero-order chi connectivity index (χ0) is 18.9. The summed E-state index contributed by atoms with van der Waals surface area (Å²) in [5.74, 6) is 0.141. The van der Waals surface area contributed by atoms with Crippen LogP contribution in [-0.2, 0) is 14.3 Å². The largest absolute Gasteiger partial charge is 0.378 e. The quantitative estimate of drug-likeness (QED) is 0.763. The van der Waals surface area contributed by atoms with Crippen LogP contribution in [0.2, 0.25) is 0 Å². The van der Waals surface area contributed by atoms with Crippen LogP contribution >= 0.6 is 0 Å². The SMILES string of the molecule is CC/C(=C\c1ccccc1)C(=O)N[C@H](CC(C)C)C(=O)N1CCOCC1. The highest BCUT2D eigenvalue weighted by molar-refractivity contribution is 6.00. The smallest absolute Gasteiger partial charge is 0.247 e. The maximum Gasteiger partial charge on any atom is 0.247 e. The molecule has 0 bridgehead atoms. The average molecular weight is 358 g/mol. The molecule has 2 rings (SSSR count). The molecule has 0 saturated carbocycles. The summed E-state index contributed by atoms with van der Waals surface area (Å²) in [6, 6.07) is 9.27. The fourth-order valence-electron chi connectivity index (χ4n) is 3.03. The highest BCUT2D eigenvalue weighted by Crippen LogP contribution is 2.13. The molecule has 26 heavy (non-hydrogen) atoms. The zero-order valence-corrected chi connectivity index (χ0v) is 16.0. The number of hydrogen-bond donors (Lipinski definition) is 1. The molecule has 2 amide bonds. The first kappa shape index (κ1) is 20.2. The Hall–Kier alpha value is -2.14. The summed E-state index contributed by atoms with van der Waals surface area (Å²) >= 11 is 0. The van der Waals surface area contributed by atoms with Gasteiger partial charge in [-0.25, -0.2) is 0 Å². The topological polar surface area (TPSA) is 58.6 Å². The summed E-state index contributed by atoms with van der Waals surface area (Å²) in [6.07, 6.45) is 3.13. The van der Waals surface area contributed by atoms with Crippen LogP contribution in [0.5, 0.6) is 0 Å². The van der Waals surface area contributed by atoms with Crippen molar-refractivity contribution in [2.24, 2.45) is 5.92 Å². The number of hydrogen-bond acceptors (Lipinski definition) is 3. The van der Waals surface area contributed by atoms with Crippen molar-refractivity contribution in [3.63, 3.8) is 0 Å². The maximum atomic E-state index is 12.9. The Bertz CT molecular complexity index is 619. The van der Waals surface area contributed by atoms with E-state index in [1.807, 2.05) is 43.3 Å². The molecule has 1 N–H and O–H groups in total. The van der Waals surface area contributed by atoms with E-state index in [-0.39, 0.29) is 11.8 Å². The highest BCUT2D eigenvalue weighted by Gasteiger charge is 2.28. The van der Waals surface area contributed by atoms with Crippen molar-refractivity contribution >= 4 is 17.9 Å². The predicted molar refractivity (Wildman–Crippen MR) is 103 cm³/mol. The van der Waals surface area contributed by atoms with Crippen molar-refractivity contribution in [3.8, 4) is 0 Å². The van der Waals surface area contributed by atoms with Gasteiger partial charge in [-0.05, 0) is 30.4 Å². The Morgan fingerprint density at radius 2 is 1.85 bits per heavy atom. The zero-order valence-electron chi connectivity index (χ0n) is 16.0. The molecule has 0 spiro atoms. The number of carbonyl (C=O) groups is 2. The van der Waals surface area contributed by atoms with Gasteiger partial charge in [0.15, 0.2) is 0 Å². The number of rotatable bonds is 7. The molecule has 0 unspecified atom stereocenters. The van der Waals surface area contributed by atoms with Gasteiger partial charge in [0.25, 0.3) is 0 Å². The molecule has 1 heterocycles. The summed E-state index contributed by atoms with van der Waals surface area (Å²) < 4.78 is 5.32. The minimum Gasteiger partial charge on any atom is -0.378 e. The Balaban J connectivity index is 2.11. The Labute approximate surface area is 156 Å². The number of carbonyl (C=O) groups excluding carboxylic acids is 2. The lowest BCUT2D eigenvalue weighted by atomic mass is 10.0. The second kappa shape index (κ2) is 10.1. The van der Waals surface area contributed by atoms with Gasteiger partial charge in [-0.1, -0.05) is 51.1 Å². The monoisotopic (exact) mass is 358 g/mol. The van der Waals surface area contributed by atoms with E-state index >= 15 is 0 Å². The molecule has 1 aliphatic rings. The fraction of sp³-hybridized carbons (Fsp3) is 0.524. The molecular formula is C21H30N2O3. The minimum absolute atomic E-state index is 0.00878. The molecular weight excluding hydrogens is 328 g/mol. The average Bonchev–Trinajstić information content (AvgIpc) is 2.66. The third-order valence-electron chi connectivity index (χ3n) is 4.45. The van der Waals surface area contributed by atoms with Crippen LogP contribution < -0.4 is 5.32 Å². The second-order valence-electron chi connectivity index (χ2n) is 7.03. The molecule has 0 radical (unpaired) electrons. The molecule has 0 aliphatic carbocycles. The Kier molecular flexibility index (Phi) is 7.85. The summed E-state index contributed by atoms with van der Waals surface area (Å²) in [6.45, 7) is 8.37. The van der Waals surface area contributed by atoms with Crippen LogP contribution in [0, 0.1) is 5.92 Å². The number of nitrogens with one attached hydrogen (secondary N) is 1. The van der Waals surface area contributed by atoms with E-state index in [0.29, 0.717) is 50.6 Å². The van der Waals surface area contributed by atoms with Crippen LogP contribution in [-0.4, -0.2) is 49.1 Å². The van der Waals surface area contributed by atoms with Crippen LogP contribution in [0.1, 0.15) is 39.2 Å². The first-order valence-electron chi connectivity index (χ1n) is 9.44. The highest BCUT2D eigenvalue weighted by atomic mass is 16.5. The fourth-order valence-corrected chi connectivity index (χ4v) is 3.03. The van der Waals surface area contributed by atoms with Crippen molar-refractivity contribution in [1.82, 2.24) is 10.2 Å². The first-order valence-corrected chi connectivity index (χ1v) is 9.44. The summed E-state index contributed by atoms with van der Waals surface area (Å²) in [5, 5.41) is 2.98. The number of morpholine rings is 1. The van der Waals surface area contributed by atoms with Gasteiger partial charge in [-0.3, -0.25) is 9.59 Å². The van der Waals surface area contributed by atoms with Crippen LogP contribution in [0.4, 0.5) is 0 Å². The molecule has 0 aromatic heterocycles. The number of nitrogens with zero attached hydrogens (tertiary/aromatic N) is 1. The summed E-state index contributed by atoms with van der Waals surface area (Å²) in [4.78, 5) is 27.5. The van der Waals surface area contributed by atoms with Crippen molar-refractivity contribution < 1.29 is 14.3 Å². The third kappa shape index (κ3) is 5.99. The molecule has 1 aromatic rings. The van der Waals surface area contributed by atoms with E-state index in [1.165, 1.54) is 0 Å². The van der Waals surface area contributed by atoms with E-state index in [1.54, 1.807) is 4.90 Å². The third-order valence-corrected chi connectivity index (χ3v) is 4.45. The van der Waals surface area contributed by atoms with Crippen LogP contribution in [0.3, 0.4) is 0 Å². The van der Waals surface area contributed by atoms with Crippen molar-refractivity contribution in [1.29, 1.82) is 0 Å². The normalized spacial score (nSPS) is 16.5. The van der Waals surface area contributed by atoms with Crippen molar-refractivity contribution in [2.45, 2.75) is 39.7 Å². The number of amides is 2. The lowest BCUT2D eigenvalue weighted by Crippen LogP contribution is -2.52. The molecule has 1 saturated heterocycles. The van der Waals surface area contributed by atoms with E-state index in [9.17, 15) is 9.59 Å². The van der Waals surface area contributed by atoms with Gasteiger partial charge in [-0.15, -0.1) is 0 Å². The number of ether oxygens (including phenoxy) is 1. The molecule has 1 atom stereocenters. The van der Waals surface area contributed by atoms with Crippen LogP contribution in [0.25, 0.3) is 6.08 Å². The van der Waals surface area contributed by atoms with Gasteiger partial charge in [0.05, 0.1) is 13.2 Å². The summed E-state index contributed by atoms with van der Waals surface area (Å²) in [7, 11) is 0. The summed E-state index contributed by atoms with van der Waals surface area (Å²) in [5.41, 5.74) is 1.67. The Morgan fingerprint density at radius 3 is 2.42 bits per heavy atom. The molecule has 1 aromatic carbocycles. The first-order chi connectivity index (χ1) is 12.5. The molecule has 142 valence electrons. The lowest BCUT2D eigenvalue weighted by Gasteiger charge is -2.31. The van der Waals surface area contributed by atoms with Gasteiger partial charge < -0.3 is 15.0 Å². The Morgan fingerprint density at radius 1 is 1.19 bits per heavy atom. The van der Waals surface area contributed by atoms with E-state index in [0.717, 1.165) is 5.56 Å². The maximum absolute atomic E-state index is 12.9. The van der Waals surface area contributed by atoms with Gasteiger partial charge in [0, 0.05) is 18.7 Å². The molecule has 1 fully saturated rings. The van der Waals surface area contributed by atoms with E-state index in [2.05, 4.69) is 19.2 Å².